The predicted molar refractivity (Wildman–Crippen MR) is 107 cm³/mol. The first-order valence-electron chi connectivity index (χ1n) is 8.49. The maximum absolute atomic E-state index is 13.0. The molecular weight excluding hydrogens is 380 g/mol. The molecule has 5 nitrogen and oxygen atoms in total. The quantitative estimate of drug-likeness (QED) is 0.559. The lowest BCUT2D eigenvalue weighted by Gasteiger charge is -2.20. The number of thiophene rings is 1. The van der Waals surface area contributed by atoms with Crippen molar-refractivity contribution >= 4 is 34.7 Å². The number of amides is 1. The monoisotopic (exact) mass is 398 g/mol. The third-order valence-electron chi connectivity index (χ3n) is 4.26. The molecule has 0 saturated heterocycles. The van der Waals surface area contributed by atoms with E-state index in [9.17, 15) is 4.79 Å². The van der Waals surface area contributed by atoms with Gasteiger partial charge in [0.2, 0.25) is 0 Å². The summed E-state index contributed by atoms with van der Waals surface area (Å²) in [5, 5.41) is 8.22. The zero-order valence-corrected chi connectivity index (χ0v) is 16.3. The molecule has 0 N–H and O–H groups in total. The average Bonchev–Trinajstić information content (AvgIpc) is 3.46. The van der Waals surface area contributed by atoms with Crippen LogP contribution >= 0.6 is 23.1 Å². The molecule has 1 aromatic carbocycles. The third-order valence-corrected chi connectivity index (χ3v) is 6.28. The first-order chi connectivity index (χ1) is 13.3. The smallest absolute Gasteiger partial charge is 0.253 e. The Hall–Kier alpha value is -2.51. The normalized spacial score (nSPS) is 16.4. The van der Waals surface area contributed by atoms with Gasteiger partial charge in [0.1, 0.15) is 17.2 Å². The van der Waals surface area contributed by atoms with Gasteiger partial charge < -0.3 is 9.15 Å². The predicted octanol–water partition coefficient (Wildman–Crippen LogP) is 4.82. The van der Waals surface area contributed by atoms with E-state index in [-0.39, 0.29) is 17.7 Å². The summed E-state index contributed by atoms with van der Waals surface area (Å²) >= 11 is 3.10. The maximum Gasteiger partial charge on any atom is 0.253 e. The number of carbonyl (C=O) groups is 1. The molecule has 0 bridgehead atoms. The zero-order chi connectivity index (χ0) is 18.6. The number of ether oxygens (including phenoxy) is 1. The van der Waals surface area contributed by atoms with Crippen LogP contribution in [0.1, 0.15) is 23.1 Å². The molecule has 1 unspecified atom stereocenters. The Balaban J connectivity index is 1.54. The number of rotatable bonds is 6. The molecule has 0 spiro atoms. The van der Waals surface area contributed by atoms with Crippen LogP contribution in [-0.4, -0.2) is 29.5 Å². The highest BCUT2D eigenvalue weighted by molar-refractivity contribution is 8.00. The van der Waals surface area contributed by atoms with Crippen molar-refractivity contribution < 1.29 is 13.9 Å². The number of hydrogen-bond donors (Lipinski definition) is 0. The molecule has 7 heteroatoms. The van der Waals surface area contributed by atoms with E-state index >= 15 is 0 Å². The van der Waals surface area contributed by atoms with E-state index in [1.54, 1.807) is 29.7 Å². The molecular formula is C20H18N2O3S2. The van der Waals surface area contributed by atoms with Crippen LogP contribution in [0, 0.1) is 0 Å². The molecule has 1 aliphatic rings. The number of nitrogens with zero attached hydrogens (tertiary/aromatic N) is 2. The number of thioether (sulfide) groups is 1. The van der Waals surface area contributed by atoms with E-state index in [4.69, 9.17) is 9.15 Å². The minimum Gasteiger partial charge on any atom is -0.496 e. The summed E-state index contributed by atoms with van der Waals surface area (Å²) in [5.74, 6) is 1.73. The molecule has 1 aliphatic heterocycles. The first-order valence-corrected chi connectivity index (χ1v) is 10.4. The van der Waals surface area contributed by atoms with Crippen LogP contribution in [0.4, 0.5) is 0 Å². The summed E-state index contributed by atoms with van der Waals surface area (Å²) < 4.78 is 10.8. The third kappa shape index (κ3) is 3.79. The second-order valence-electron chi connectivity index (χ2n) is 5.94. The van der Waals surface area contributed by atoms with Gasteiger partial charge in [-0.3, -0.25) is 4.79 Å². The van der Waals surface area contributed by atoms with Crippen molar-refractivity contribution in [3.63, 3.8) is 0 Å². The summed E-state index contributed by atoms with van der Waals surface area (Å²) in [6, 6.07) is 15.4. The van der Waals surface area contributed by atoms with Crippen molar-refractivity contribution in [2.45, 2.75) is 17.4 Å². The number of hydrazone groups is 1. The molecule has 1 amide bonds. The van der Waals surface area contributed by atoms with Gasteiger partial charge in [0.05, 0.1) is 25.2 Å². The largest absolute Gasteiger partial charge is 0.496 e. The van der Waals surface area contributed by atoms with Crippen molar-refractivity contribution in [1.82, 2.24) is 5.01 Å². The molecule has 0 aliphatic carbocycles. The van der Waals surface area contributed by atoms with Crippen molar-refractivity contribution in [3.8, 4) is 5.75 Å². The van der Waals surface area contributed by atoms with Crippen LogP contribution in [-0.2, 0) is 4.79 Å². The number of carbonyl (C=O) groups excluding carboxylic acids is 1. The van der Waals surface area contributed by atoms with Gasteiger partial charge in [-0.25, -0.2) is 5.01 Å². The number of methoxy groups -OCH3 is 1. The van der Waals surface area contributed by atoms with E-state index in [1.165, 1.54) is 11.8 Å². The summed E-state index contributed by atoms with van der Waals surface area (Å²) in [6.45, 7) is 0. The Morgan fingerprint density at radius 1 is 1.30 bits per heavy atom. The lowest BCUT2D eigenvalue weighted by atomic mass is 10.1. The number of hydrogen-bond acceptors (Lipinski definition) is 6. The van der Waals surface area contributed by atoms with Crippen molar-refractivity contribution in [3.05, 3.63) is 70.8 Å². The van der Waals surface area contributed by atoms with E-state index in [2.05, 4.69) is 5.10 Å². The fourth-order valence-corrected chi connectivity index (χ4v) is 4.67. The lowest BCUT2D eigenvalue weighted by molar-refractivity contribution is -0.130. The molecule has 4 rings (SSSR count). The van der Waals surface area contributed by atoms with Gasteiger partial charge in [-0.1, -0.05) is 18.2 Å². The van der Waals surface area contributed by atoms with Crippen LogP contribution in [0.15, 0.2) is 74.6 Å². The molecule has 0 saturated carbocycles. The molecule has 2 aromatic heterocycles. The molecule has 27 heavy (non-hydrogen) atoms. The standard InChI is InChI=1S/C20H18N2O3S2/c1-24-17-6-2-3-8-19(17)27-13-20(23)22-15(18-9-5-11-26-18)12-14(21-22)16-7-4-10-25-16/h2-11,15H,12-13H2,1H3. The highest BCUT2D eigenvalue weighted by Crippen LogP contribution is 2.36. The SMILES string of the molecule is COc1ccccc1SCC(=O)N1N=C(c2ccco2)CC1c1cccs1. The Kier molecular flexibility index (Phi) is 5.31. The molecule has 3 heterocycles. The van der Waals surface area contributed by atoms with E-state index in [0.29, 0.717) is 12.2 Å². The fraction of sp³-hybridized carbons (Fsp3) is 0.200. The minimum absolute atomic E-state index is 0.0362. The van der Waals surface area contributed by atoms with Crippen LogP contribution < -0.4 is 4.74 Å². The molecule has 3 aromatic rings. The summed E-state index contributed by atoms with van der Waals surface area (Å²) in [7, 11) is 1.63. The van der Waals surface area contributed by atoms with E-state index in [0.717, 1.165) is 21.2 Å². The van der Waals surface area contributed by atoms with Gasteiger partial charge in [-0.05, 0) is 35.7 Å². The Morgan fingerprint density at radius 3 is 2.93 bits per heavy atom. The zero-order valence-electron chi connectivity index (χ0n) is 14.7. The summed E-state index contributed by atoms with van der Waals surface area (Å²) in [5.41, 5.74) is 0.800. The van der Waals surface area contributed by atoms with E-state index in [1.807, 2.05) is 53.9 Å². The molecule has 0 radical (unpaired) electrons. The number of para-hydroxylation sites is 1. The van der Waals surface area contributed by atoms with Crippen molar-refractivity contribution in [2.75, 3.05) is 12.9 Å². The van der Waals surface area contributed by atoms with Gasteiger partial charge in [-0.15, -0.1) is 23.1 Å². The maximum atomic E-state index is 13.0. The Labute approximate surface area is 165 Å². The van der Waals surface area contributed by atoms with Crippen LogP contribution in [0.2, 0.25) is 0 Å². The first kappa shape index (κ1) is 17.9. The molecule has 1 atom stereocenters. The summed E-state index contributed by atoms with van der Waals surface area (Å²) in [6.07, 6.45) is 2.28. The second kappa shape index (κ2) is 8.02. The Morgan fingerprint density at radius 2 is 2.19 bits per heavy atom. The second-order valence-corrected chi connectivity index (χ2v) is 7.93. The Bertz CT molecular complexity index is 936. The van der Waals surface area contributed by atoms with Gasteiger partial charge in [0.15, 0.2) is 0 Å². The van der Waals surface area contributed by atoms with Crippen molar-refractivity contribution in [1.29, 1.82) is 0 Å². The topological polar surface area (TPSA) is 55.0 Å². The van der Waals surface area contributed by atoms with Crippen LogP contribution in [0.25, 0.3) is 0 Å². The number of furan rings is 1. The van der Waals surface area contributed by atoms with Crippen molar-refractivity contribution in [2.24, 2.45) is 5.10 Å². The van der Waals surface area contributed by atoms with Crippen LogP contribution in [0.3, 0.4) is 0 Å². The minimum atomic E-state index is -0.0872. The van der Waals surface area contributed by atoms with E-state index < -0.39 is 0 Å². The average molecular weight is 399 g/mol. The van der Waals surface area contributed by atoms with Crippen LogP contribution in [0.5, 0.6) is 5.75 Å². The molecule has 0 fully saturated rings. The highest BCUT2D eigenvalue weighted by Gasteiger charge is 2.34. The lowest BCUT2D eigenvalue weighted by Crippen LogP contribution is -2.28. The van der Waals surface area contributed by atoms with Gasteiger partial charge in [0, 0.05) is 16.2 Å². The molecule has 138 valence electrons. The van der Waals surface area contributed by atoms with Gasteiger partial charge in [0.25, 0.3) is 5.91 Å². The highest BCUT2D eigenvalue weighted by atomic mass is 32.2. The fourth-order valence-electron chi connectivity index (χ4n) is 2.98. The van der Waals surface area contributed by atoms with Gasteiger partial charge in [-0.2, -0.15) is 5.10 Å². The van der Waals surface area contributed by atoms with Gasteiger partial charge >= 0.3 is 0 Å². The number of benzene rings is 1. The summed E-state index contributed by atoms with van der Waals surface area (Å²) in [4.78, 5) is 15.0.